The number of aromatic amines is 1. The number of hydrogen-bond donors (Lipinski definition) is 2. The minimum absolute atomic E-state index is 0.197. The van der Waals surface area contributed by atoms with Crippen molar-refractivity contribution in [2.45, 2.75) is 24.0 Å². The predicted octanol–water partition coefficient (Wildman–Crippen LogP) is 2.23. The number of halogens is 1. The average Bonchev–Trinajstić information content (AvgIpc) is 2.23. The Balaban J connectivity index is 2.04. The number of hydrogen-bond acceptors (Lipinski definition) is 4. The Kier molecular flexibility index (Phi) is 3.59. The van der Waals surface area contributed by atoms with Gasteiger partial charge < -0.3 is 5.32 Å². The summed E-state index contributed by atoms with van der Waals surface area (Å²) in [6.45, 7) is 0.887. The molecule has 0 unspecified atom stereocenters. The molecule has 1 aliphatic rings. The van der Waals surface area contributed by atoms with Gasteiger partial charge in [0.25, 0.3) is 5.56 Å². The normalized spacial score (nSPS) is 17.9. The maximum Gasteiger partial charge on any atom is 0.280 e. The van der Waals surface area contributed by atoms with E-state index in [2.05, 4.69) is 37.7 Å². The van der Waals surface area contributed by atoms with Crippen molar-refractivity contribution < 1.29 is 0 Å². The minimum atomic E-state index is -0.197. The molecule has 2 rings (SSSR count). The highest BCUT2D eigenvalue weighted by atomic mass is 79.9. The summed E-state index contributed by atoms with van der Waals surface area (Å²) >= 11 is 5.16. The molecule has 0 atom stereocenters. The molecule has 1 aromatic heterocycles. The third kappa shape index (κ3) is 2.27. The Bertz CT molecular complexity index is 425. The monoisotopic (exact) mass is 303 g/mol. The molecule has 0 bridgehead atoms. The lowest BCUT2D eigenvalue weighted by Gasteiger charge is -2.40. The number of H-pyrrole nitrogens is 1. The fourth-order valence-electron chi connectivity index (χ4n) is 1.79. The molecule has 4 nitrogen and oxygen atoms in total. The molecule has 1 saturated carbocycles. The van der Waals surface area contributed by atoms with E-state index in [1.807, 2.05) is 11.8 Å². The van der Waals surface area contributed by atoms with Crippen molar-refractivity contribution >= 4 is 33.4 Å². The van der Waals surface area contributed by atoms with Crippen LogP contribution in [0.2, 0.25) is 0 Å². The highest BCUT2D eigenvalue weighted by molar-refractivity contribution is 9.10. The van der Waals surface area contributed by atoms with Crippen LogP contribution < -0.4 is 10.9 Å². The van der Waals surface area contributed by atoms with Crippen molar-refractivity contribution in [3.8, 4) is 0 Å². The van der Waals surface area contributed by atoms with E-state index in [0.29, 0.717) is 9.22 Å². The fraction of sp³-hybridized carbons (Fsp3) is 0.600. The van der Waals surface area contributed by atoms with Crippen molar-refractivity contribution in [3.05, 3.63) is 21.0 Å². The molecular formula is C10H14BrN3OS. The van der Waals surface area contributed by atoms with E-state index >= 15 is 0 Å². The molecule has 6 heteroatoms. The topological polar surface area (TPSA) is 57.8 Å². The molecule has 0 saturated heterocycles. The van der Waals surface area contributed by atoms with E-state index in [-0.39, 0.29) is 5.56 Å². The summed E-state index contributed by atoms with van der Waals surface area (Å²) in [6.07, 6.45) is 7.58. The third-order valence-electron chi connectivity index (χ3n) is 3.09. The van der Waals surface area contributed by atoms with Gasteiger partial charge in [-0.05, 0) is 35.0 Å². The third-order valence-corrected chi connectivity index (χ3v) is 5.30. The lowest BCUT2D eigenvalue weighted by molar-refractivity contribution is 0.380. The molecule has 1 fully saturated rings. The van der Waals surface area contributed by atoms with E-state index in [1.165, 1.54) is 19.3 Å². The van der Waals surface area contributed by atoms with Crippen LogP contribution in [-0.2, 0) is 0 Å². The first-order valence-electron chi connectivity index (χ1n) is 5.19. The van der Waals surface area contributed by atoms with Crippen molar-refractivity contribution in [1.29, 1.82) is 0 Å². The van der Waals surface area contributed by atoms with E-state index in [4.69, 9.17) is 0 Å². The van der Waals surface area contributed by atoms with Crippen molar-refractivity contribution in [2.75, 3.05) is 18.1 Å². The first-order valence-corrected chi connectivity index (χ1v) is 7.21. The SMILES string of the molecule is CSC1(CNc2cn[nH]c(=O)c2Br)CCC1. The Labute approximate surface area is 107 Å². The molecule has 88 valence electrons. The number of rotatable bonds is 4. The summed E-state index contributed by atoms with van der Waals surface area (Å²) in [5.74, 6) is 0. The van der Waals surface area contributed by atoms with Gasteiger partial charge >= 0.3 is 0 Å². The van der Waals surface area contributed by atoms with Gasteiger partial charge in [-0.15, -0.1) is 0 Å². The van der Waals surface area contributed by atoms with Crippen molar-refractivity contribution in [3.63, 3.8) is 0 Å². The molecule has 16 heavy (non-hydrogen) atoms. The first-order chi connectivity index (χ1) is 7.67. The van der Waals surface area contributed by atoms with E-state index in [1.54, 1.807) is 6.20 Å². The van der Waals surface area contributed by atoms with Gasteiger partial charge in [0.2, 0.25) is 0 Å². The summed E-state index contributed by atoms with van der Waals surface area (Å²) in [5, 5.41) is 9.46. The maximum atomic E-state index is 11.3. The quantitative estimate of drug-likeness (QED) is 0.895. The van der Waals surface area contributed by atoms with Crippen LogP contribution in [-0.4, -0.2) is 27.7 Å². The fourth-order valence-corrected chi connectivity index (χ4v) is 3.03. The van der Waals surface area contributed by atoms with Crippen LogP contribution in [0.15, 0.2) is 15.5 Å². The zero-order valence-electron chi connectivity index (χ0n) is 9.05. The summed E-state index contributed by atoms with van der Waals surface area (Å²) in [7, 11) is 0. The van der Waals surface area contributed by atoms with Crippen LogP contribution in [0.4, 0.5) is 5.69 Å². The summed E-state index contributed by atoms with van der Waals surface area (Å²) in [6, 6.07) is 0. The predicted molar refractivity (Wildman–Crippen MR) is 71.1 cm³/mol. The summed E-state index contributed by atoms with van der Waals surface area (Å²) < 4.78 is 0.875. The minimum Gasteiger partial charge on any atom is -0.381 e. The number of nitrogens with one attached hydrogen (secondary N) is 2. The largest absolute Gasteiger partial charge is 0.381 e. The van der Waals surface area contributed by atoms with E-state index in [9.17, 15) is 4.79 Å². The standard InChI is InChI=1S/C10H14BrN3OS/c1-16-10(3-2-4-10)6-12-7-5-13-14-9(15)8(7)11/h5H,2-4,6H2,1H3,(H2,12,14,15). The van der Waals surface area contributed by atoms with Crippen LogP contribution in [0.3, 0.4) is 0 Å². The summed E-state index contributed by atoms with van der Waals surface area (Å²) in [5.41, 5.74) is 0.570. The van der Waals surface area contributed by atoms with E-state index < -0.39 is 0 Å². The average molecular weight is 304 g/mol. The lowest BCUT2D eigenvalue weighted by atomic mass is 9.84. The van der Waals surface area contributed by atoms with Crippen LogP contribution >= 0.6 is 27.7 Å². The second-order valence-electron chi connectivity index (χ2n) is 4.02. The summed E-state index contributed by atoms with van der Waals surface area (Å²) in [4.78, 5) is 11.3. The Morgan fingerprint density at radius 2 is 2.44 bits per heavy atom. The maximum absolute atomic E-state index is 11.3. The first kappa shape index (κ1) is 12.0. The second-order valence-corrected chi connectivity index (χ2v) is 6.09. The number of thioether (sulfide) groups is 1. The van der Waals surface area contributed by atoms with Crippen LogP contribution in [0.5, 0.6) is 0 Å². The van der Waals surface area contributed by atoms with Crippen LogP contribution in [0.1, 0.15) is 19.3 Å². The van der Waals surface area contributed by atoms with Gasteiger partial charge in [-0.25, -0.2) is 5.10 Å². The Morgan fingerprint density at radius 1 is 1.69 bits per heavy atom. The molecule has 0 aliphatic heterocycles. The molecule has 0 spiro atoms. The highest BCUT2D eigenvalue weighted by Crippen LogP contribution is 2.42. The van der Waals surface area contributed by atoms with Crippen molar-refractivity contribution in [1.82, 2.24) is 10.2 Å². The Morgan fingerprint density at radius 3 is 3.00 bits per heavy atom. The number of aromatic nitrogens is 2. The second kappa shape index (κ2) is 4.79. The zero-order valence-corrected chi connectivity index (χ0v) is 11.4. The Hall–Kier alpha value is -0.490. The van der Waals surface area contributed by atoms with Gasteiger partial charge in [0.15, 0.2) is 0 Å². The van der Waals surface area contributed by atoms with Gasteiger partial charge in [0.1, 0.15) is 4.47 Å². The van der Waals surface area contributed by atoms with E-state index in [0.717, 1.165) is 12.2 Å². The molecule has 1 aliphatic carbocycles. The van der Waals surface area contributed by atoms with Gasteiger partial charge in [0, 0.05) is 11.3 Å². The van der Waals surface area contributed by atoms with Gasteiger partial charge in [0.05, 0.1) is 11.9 Å². The molecule has 0 amide bonds. The molecule has 2 N–H and O–H groups in total. The molecular weight excluding hydrogens is 290 g/mol. The lowest BCUT2D eigenvalue weighted by Crippen LogP contribution is -2.40. The number of anilines is 1. The van der Waals surface area contributed by atoms with Crippen LogP contribution in [0, 0.1) is 0 Å². The molecule has 1 aromatic rings. The molecule has 0 radical (unpaired) electrons. The molecule has 1 heterocycles. The molecule has 0 aromatic carbocycles. The highest BCUT2D eigenvalue weighted by Gasteiger charge is 2.35. The zero-order chi connectivity index (χ0) is 11.6. The smallest absolute Gasteiger partial charge is 0.280 e. The van der Waals surface area contributed by atoms with Crippen molar-refractivity contribution in [2.24, 2.45) is 0 Å². The number of nitrogens with zero attached hydrogens (tertiary/aromatic N) is 1. The van der Waals surface area contributed by atoms with Gasteiger partial charge in [-0.2, -0.15) is 16.9 Å². The van der Waals surface area contributed by atoms with Gasteiger partial charge in [-0.3, -0.25) is 4.79 Å². The van der Waals surface area contributed by atoms with Crippen LogP contribution in [0.25, 0.3) is 0 Å². The van der Waals surface area contributed by atoms with Gasteiger partial charge in [-0.1, -0.05) is 6.42 Å².